The SMILES string of the molecule is Cc1cc(Cc2ccc(OC(=O)OC(C)(C)C)cc2OC(=O)OC(C)(C)C)c(OC(=O)OC(C)(C)C)c(Cc2ccc(OC(=O)OC(C)(C)C)cc2OC(=O)OC(C)(C)C)c1. The Morgan fingerprint density at radius 2 is 0.656 bits per heavy atom. The van der Waals surface area contributed by atoms with Gasteiger partial charge in [0.1, 0.15) is 56.8 Å². The van der Waals surface area contributed by atoms with E-state index in [-0.39, 0.29) is 41.6 Å². The number of rotatable bonds is 9. The van der Waals surface area contributed by atoms with Gasteiger partial charge >= 0.3 is 30.8 Å². The second kappa shape index (κ2) is 19.2. The molecular formula is C46H60O15. The van der Waals surface area contributed by atoms with Crippen LogP contribution in [0.2, 0.25) is 0 Å². The molecule has 0 radical (unpaired) electrons. The first-order chi connectivity index (χ1) is 27.7. The van der Waals surface area contributed by atoms with Gasteiger partial charge in [-0.2, -0.15) is 0 Å². The second-order valence-electron chi connectivity index (χ2n) is 19.1. The quantitative estimate of drug-likeness (QED) is 0.113. The van der Waals surface area contributed by atoms with Crippen molar-refractivity contribution < 1.29 is 71.3 Å². The zero-order valence-electron chi connectivity index (χ0n) is 38.2. The van der Waals surface area contributed by atoms with Crippen LogP contribution in [0.15, 0.2) is 48.5 Å². The number of ether oxygens (including phenoxy) is 10. The van der Waals surface area contributed by atoms with Gasteiger partial charge in [0.05, 0.1) is 0 Å². The van der Waals surface area contributed by atoms with Crippen molar-refractivity contribution in [2.75, 3.05) is 0 Å². The van der Waals surface area contributed by atoms with Gasteiger partial charge in [-0.1, -0.05) is 29.8 Å². The molecule has 15 nitrogen and oxygen atoms in total. The van der Waals surface area contributed by atoms with Gasteiger partial charge in [-0.15, -0.1) is 0 Å². The lowest BCUT2D eigenvalue weighted by atomic mass is 9.94. The van der Waals surface area contributed by atoms with Crippen molar-refractivity contribution >= 4 is 30.8 Å². The van der Waals surface area contributed by atoms with Gasteiger partial charge in [0.2, 0.25) is 0 Å². The number of aryl methyl sites for hydroxylation is 1. The first kappa shape index (κ1) is 49.4. The molecule has 334 valence electrons. The van der Waals surface area contributed by atoms with E-state index in [1.165, 1.54) is 24.3 Å². The van der Waals surface area contributed by atoms with E-state index in [1.54, 1.807) is 128 Å². The Labute approximate surface area is 358 Å². The average Bonchev–Trinajstić information content (AvgIpc) is 3.00. The van der Waals surface area contributed by atoms with E-state index >= 15 is 0 Å². The molecule has 3 aromatic carbocycles. The maximum absolute atomic E-state index is 13.4. The van der Waals surface area contributed by atoms with Crippen molar-refractivity contribution in [2.45, 2.75) is 152 Å². The fourth-order valence-corrected chi connectivity index (χ4v) is 5.22. The van der Waals surface area contributed by atoms with Crippen LogP contribution < -0.4 is 23.7 Å². The maximum atomic E-state index is 13.4. The van der Waals surface area contributed by atoms with E-state index in [1.807, 2.05) is 6.92 Å². The Balaban J connectivity index is 2.21. The molecule has 0 fully saturated rings. The van der Waals surface area contributed by atoms with E-state index in [2.05, 4.69) is 0 Å². The molecule has 61 heavy (non-hydrogen) atoms. The number of hydrogen-bond acceptors (Lipinski definition) is 15. The molecule has 0 bridgehead atoms. The normalized spacial score (nSPS) is 12.1. The van der Waals surface area contributed by atoms with Crippen molar-refractivity contribution in [1.29, 1.82) is 0 Å². The smallest absolute Gasteiger partial charge is 0.428 e. The highest BCUT2D eigenvalue weighted by Gasteiger charge is 2.27. The summed E-state index contributed by atoms with van der Waals surface area (Å²) in [6, 6.07) is 12.4. The average molecular weight is 853 g/mol. The van der Waals surface area contributed by atoms with Gasteiger partial charge < -0.3 is 47.4 Å². The molecule has 0 aromatic heterocycles. The summed E-state index contributed by atoms with van der Waals surface area (Å²) >= 11 is 0. The predicted octanol–water partition coefficient (Wildman–Crippen LogP) is 11.7. The van der Waals surface area contributed by atoms with Crippen LogP contribution in [-0.2, 0) is 36.5 Å². The summed E-state index contributed by atoms with van der Waals surface area (Å²) < 4.78 is 55.1. The van der Waals surface area contributed by atoms with Gasteiger partial charge in [0, 0.05) is 36.1 Å². The van der Waals surface area contributed by atoms with Gasteiger partial charge in [-0.3, -0.25) is 0 Å². The lowest BCUT2D eigenvalue weighted by Crippen LogP contribution is -2.27. The predicted molar refractivity (Wildman–Crippen MR) is 224 cm³/mol. The fourth-order valence-electron chi connectivity index (χ4n) is 5.22. The zero-order chi connectivity index (χ0) is 46.3. The van der Waals surface area contributed by atoms with Crippen molar-refractivity contribution in [3.63, 3.8) is 0 Å². The van der Waals surface area contributed by atoms with Crippen LogP contribution in [0.3, 0.4) is 0 Å². The first-order valence-corrected chi connectivity index (χ1v) is 19.6. The standard InChI is InChI=1S/C46H60O15/c1-27-21-30(23-28-17-19-32(52-37(47)57-42(2,3)4)25-34(28)54-39(49)59-44(8,9)10)36(56-41(51)61-46(14,15)16)31(22-27)24-29-18-20-33(53-38(48)58-43(5,6)7)26-35(29)55-40(50)60-45(11,12)13/h17-22,25-26H,23-24H2,1-16H3. The Morgan fingerprint density at radius 3 is 0.951 bits per heavy atom. The summed E-state index contributed by atoms with van der Waals surface area (Å²) in [5, 5.41) is 0. The Hall–Kier alpha value is -5.99. The summed E-state index contributed by atoms with van der Waals surface area (Å²) in [5.41, 5.74) is -1.92. The minimum absolute atomic E-state index is 0.00158. The third-order valence-electron chi connectivity index (χ3n) is 7.15. The van der Waals surface area contributed by atoms with Crippen LogP contribution in [0.5, 0.6) is 28.7 Å². The zero-order valence-corrected chi connectivity index (χ0v) is 38.2. The van der Waals surface area contributed by atoms with Crippen LogP contribution in [0.25, 0.3) is 0 Å². The summed E-state index contributed by atoms with van der Waals surface area (Å²) in [6.45, 7) is 27.1. The summed E-state index contributed by atoms with van der Waals surface area (Å²) in [7, 11) is 0. The minimum atomic E-state index is -1.02. The first-order valence-electron chi connectivity index (χ1n) is 19.6. The molecule has 0 spiro atoms. The molecule has 0 aliphatic heterocycles. The molecule has 3 rings (SSSR count). The minimum Gasteiger partial charge on any atom is -0.428 e. The summed E-state index contributed by atoms with van der Waals surface area (Å²) in [4.78, 5) is 64.5. The van der Waals surface area contributed by atoms with Gasteiger partial charge in [0.25, 0.3) is 0 Å². The van der Waals surface area contributed by atoms with Gasteiger partial charge in [0.15, 0.2) is 0 Å². The van der Waals surface area contributed by atoms with Gasteiger partial charge in [-0.05, 0) is 134 Å². The van der Waals surface area contributed by atoms with Crippen LogP contribution in [0.1, 0.15) is 132 Å². The van der Waals surface area contributed by atoms with Crippen molar-refractivity contribution in [3.8, 4) is 28.7 Å². The highest BCUT2D eigenvalue weighted by Crippen LogP contribution is 2.37. The van der Waals surface area contributed by atoms with Crippen molar-refractivity contribution in [2.24, 2.45) is 0 Å². The third kappa shape index (κ3) is 18.4. The van der Waals surface area contributed by atoms with Crippen LogP contribution in [-0.4, -0.2) is 58.8 Å². The van der Waals surface area contributed by atoms with Crippen molar-refractivity contribution in [3.05, 3.63) is 76.3 Å². The molecule has 0 N–H and O–H groups in total. The van der Waals surface area contributed by atoms with Crippen LogP contribution in [0, 0.1) is 6.92 Å². The van der Waals surface area contributed by atoms with Crippen LogP contribution in [0.4, 0.5) is 24.0 Å². The van der Waals surface area contributed by atoms with Gasteiger partial charge in [-0.25, -0.2) is 24.0 Å². The van der Waals surface area contributed by atoms with E-state index < -0.39 is 58.8 Å². The van der Waals surface area contributed by atoms with E-state index in [0.29, 0.717) is 22.3 Å². The molecular weight excluding hydrogens is 792 g/mol. The van der Waals surface area contributed by atoms with Crippen molar-refractivity contribution in [1.82, 2.24) is 0 Å². The second-order valence-corrected chi connectivity index (χ2v) is 19.1. The van der Waals surface area contributed by atoms with E-state index in [4.69, 9.17) is 47.4 Å². The Morgan fingerprint density at radius 1 is 0.377 bits per heavy atom. The molecule has 0 amide bonds. The molecule has 0 aliphatic rings. The number of carbonyl (C=O) groups excluding carboxylic acids is 5. The van der Waals surface area contributed by atoms with E-state index in [9.17, 15) is 24.0 Å². The monoisotopic (exact) mass is 852 g/mol. The topological polar surface area (TPSA) is 178 Å². The molecule has 0 saturated heterocycles. The Kier molecular flexibility index (Phi) is 15.5. The number of carbonyl (C=O) groups is 5. The largest absolute Gasteiger partial charge is 0.514 e. The fraction of sp³-hybridized carbons (Fsp3) is 0.500. The molecule has 0 unspecified atom stereocenters. The highest BCUT2D eigenvalue weighted by molar-refractivity contribution is 5.70. The summed E-state index contributed by atoms with van der Waals surface area (Å²) in [6.07, 6.45) is -4.98. The molecule has 0 atom stereocenters. The highest BCUT2D eigenvalue weighted by atomic mass is 16.8. The molecule has 0 heterocycles. The maximum Gasteiger partial charge on any atom is 0.514 e. The van der Waals surface area contributed by atoms with Crippen LogP contribution >= 0.6 is 0 Å². The number of benzene rings is 3. The molecule has 3 aromatic rings. The molecule has 0 saturated carbocycles. The lowest BCUT2D eigenvalue weighted by Gasteiger charge is -2.23. The lowest BCUT2D eigenvalue weighted by molar-refractivity contribution is 0.0177. The third-order valence-corrected chi connectivity index (χ3v) is 7.15. The summed E-state index contributed by atoms with van der Waals surface area (Å²) in [5.74, 6) is 0.0894. The molecule has 0 aliphatic carbocycles. The van der Waals surface area contributed by atoms with E-state index in [0.717, 1.165) is 5.56 Å². The molecule has 15 heteroatoms. The number of hydrogen-bond donors (Lipinski definition) is 0. The Bertz CT molecular complexity index is 1950.